The first kappa shape index (κ1) is 6.47. The molecule has 1 aromatic heterocycles. The van der Waals surface area contributed by atoms with E-state index in [1.54, 1.807) is 0 Å². The van der Waals surface area contributed by atoms with Crippen molar-refractivity contribution in [2.75, 3.05) is 0 Å². The molecule has 0 radical (unpaired) electrons. The molecule has 0 bridgehead atoms. The van der Waals surface area contributed by atoms with Gasteiger partial charge in [-0.25, -0.2) is 4.79 Å². The first-order valence-corrected chi connectivity index (χ1v) is 2.36. The van der Waals surface area contributed by atoms with Gasteiger partial charge in [0.15, 0.2) is 0 Å². The van der Waals surface area contributed by atoms with E-state index in [0.29, 0.717) is 0 Å². The van der Waals surface area contributed by atoms with Crippen LogP contribution in [-0.2, 0) is 0 Å². The summed E-state index contributed by atoms with van der Waals surface area (Å²) < 4.78 is 4.11. The second-order valence-electron chi connectivity index (χ2n) is 1.61. The third-order valence-corrected chi connectivity index (χ3v) is 0.930. The molecule has 0 aliphatic heterocycles. The molecule has 54 valence electrons. The number of rotatable bonds is 1. The maximum absolute atomic E-state index is 10.1. The van der Waals surface area contributed by atoms with Crippen LogP contribution in [0.25, 0.3) is 0 Å². The van der Waals surface area contributed by atoms with Crippen molar-refractivity contribution in [3.05, 3.63) is 11.6 Å². The van der Waals surface area contributed by atoms with Gasteiger partial charge in [-0.1, -0.05) is 0 Å². The first-order chi connectivity index (χ1) is 4.61. The van der Waals surface area contributed by atoms with Gasteiger partial charge in [-0.05, 0) is 0 Å². The standard InChI is InChI=1S/C5H4O5/c6-3-1-2(4(7)8)5(9)10-3/h1,6,9H,(H,7,8). The van der Waals surface area contributed by atoms with Gasteiger partial charge in [0.1, 0.15) is 5.56 Å². The molecule has 0 amide bonds. The van der Waals surface area contributed by atoms with Crippen molar-refractivity contribution < 1.29 is 24.5 Å². The predicted octanol–water partition coefficient (Wildman–Crippen LogP) is 0.389. The Morgan fingerprint density at radius 3 is 2.30 bits per heavy atom. The van der Waals surface area contributed by atoms with E-state index in [9.17, 15) is 4.79 Å². The molecular formula is C5H4O5. The number of hydrogen-bond acceptors (Lipinski definition) is 4. The van der Waals surface area contributed by atoms with Crippen LogP contribution >= 0.6 is 0 Å². The number of carbonyl (C=O) groups is 1. The Hall–Kier alpha value is -1.65. The monoisotopic (exact) mass is 144 g/mol. The van der Waals surface area contributed by atoms with Crippen molar-refractivity contribution in [2.24, 2.45) is 0 Å². The molecule has 3 N–H and O–H groups in total. The average Bonchev–Trinajstić information content (AvgIpc) is 2.10. The van der Waals surface area contributed by atoms with Crippen LogP contribution in [0.5, 0.6) is 11.9 Å². The average molecular weight is 144 g/mol. The lowest BCUT2D eigenvalue weighted by molar-refractivity contribution is 0.0691. The lowest BCUT2D eigenvalue weighted by atomic mass is 10.3. The van der Waals surface area contributed by atoms with Gasteiger partial charge < -0.3 is 19.7 Å². The summed E-state index contributed by atoms with van der Waals surface area (Å²) in [5.41, 5.74) is -0.447. The summed E-state index contributed by atoms with van der Waals surface area (Å²) in [5.74, 6) is -2.75. The quantitative estimate of drug-likeness (QED) is 0.530. The third kappa shape index (κ3) is 0.883. The minimum Gasteiger partial charge on any atom is -0.481 e. The molecule has 0 aromatic carbocycles. The van der Waals surface area contributed by atoms with E-state index in [0.717, 1.165) is 6.07 Å². The van der Waals surface area contributed by atoms with E-state index >= 15 is 0 Å². The zero-order valence-electron chi connectivity index (χ0n) is 4.74. The van der Waals surface area contributed by atoms with Crippen molar-refractivity contribution in [3.63, 3.8) is 0 Å². The Balaban J connectivity index is 3.15. The summed E-state index contributed by atoms with van der Waals surface area (Å²) in [6.45, 7) is 0. The van der Waals surface area contributed by atoms with Crippen LogP contribution in [0.4, 0.5) is 0 Å². The Morgan fingerprint density at radius 2 is 2.10 bits per heavy atom. The molecule has 0 spiro atoms. The third-order valence-electron chi connectivity index (χ3n) is 0.930. The lowest BCUT2D eigenvalue weighted by Gasteiger charge is -1.83. The number of hydrogen-bond donors (Lipinski definition) is 3. The molecule has 0 aliphatic rings. The van der Waals surface area contributed by atoms with E-state index in [4.69, 9.17) is 15.3 Å². The van der Waals surface area contributed by atoms with Crippen LogP contribution in [0.3, 0.4) is 0 Å². The molecule has 0 saturated carbocycles. The van der Waals surface area contributed by atoms with Crippen molar-refractivity contribution >= 4 is 5.97 Å². The number of carboxylic acid groups (broad SMARTS) is 1. The van der Waals surface area contributed by atoms with Gasteiger partial charge in [0.25, 0.3) is 11.9 Å². The molecule has 1 aromatic rings. The van der Waals surface area contributed by atoms with Crippen LogP contribution < -0.4 is 0 Å². The molecule has 1 rings (SSSR count). The van der Waals surface area contributed by atoms with Crippen molar-refractivity contribution in [2.45, 2.75) is 0 Å². The van der Waals surface area contributed by atoms with Crippen LogP contribution in [0.1, 0.15) is 10.4 Å². The van der Waals surface area contributed by atoms with E-state index in [1.165, 1.54) is 0 Å². The highest BCUT2D eigenvalue weighted by Gasteiger charge is 2.15. The van der Waals surface area contributed by atoms with Gasteiger partial charge in [0.2, 0.25) is 0 Å². The van der Waals surface area contributed by atoms with Crippen molar-refractivity contribution in [1.82, 2.24) is 0 Å². The molecule has 5 heteroatoms. The fraction of sp³-hybridized carbons (Fsp3) is 0. The Bertz CT molecular complexity index is 261. The summed E-state index contributed by atoms with van der Waals surface area (Å²) >= 11 is 0. The molecule has 10 heavy (non-hydrogen) atoms. The topological polar surface area (TPSA) is 90.9 Å². The summed E-state index contributed by atoms with van der Waals surface area (Å²) in [5, 5.41) is 25.3. The molecule has 0 fully saturated rings. The highest BCUT2D eigenvalue weighted by atomic mass is 16.5. The van der Waals surface area contributed by atoms with Gasteiger partial charge in [0.05, 0.1) is 0 Å². The van der Waals surface area contributed by atoms with E-state index < -0.39 is 23.4 Å². The number of furan rings is 1. The second kappa shape index (κ2) is 1.94. The normalized spacial score (nSPS) is 9.60. The fourth-order valence-electron chi connectivity index (χ4n) is 0.522. The van der Waals surface area contributed by atoms with Crippen molar-refractivity contribution in [3.8, 4) is 11.9 Å². The summed E-state index contributed by atoms with van der Waals surface area (Å²) in [4.78, 5) is 10.1. The van der Waals surface area contributed by atoms with Crippen LogP contribution in [0, 0.1) is 0 Å². The molecule has 0 unspecified atom stereocenters. The Morgan fingerprint density at radius 1 is 1.50 bits per heavy atom. The molecule has 1 heterocycles. The molecule has 5 nitrogen and oxygen atoms in total. The second-order valence-corrected chi connectivity index (χ2v) is 1.61. The molecule has 0 aliphatic carbocycles. The van der Waals surface area contributed by atoms with E-state index in [2.05, 4.69) is 4.42 Å². The van der Waals surface area contributed by atoms with Crippen LogP contribution in [0.15, 0.2) is 10.5 Å². The van der Waals surface area contributed by atoms with Crippen molar-refractivity contribution in [1.29, 1.82) is 0 Å². The summed E-state index contributed by atoms with van der Waals surface area (Å²) in [7, 11) is 0. The maximum Gasteiger partial charge on any atom is 0.343 e. The van der Waals surface area contributed by atoms with E-state index in [-0.39, 0.29) is 0 Å². The zero-order valence-corrected chi connectivity index (χ0v) is 4.74. The van der Waals surface area contributed by atoms with Crippen LogP contribution in [-0.4, -0.2) is 21.3 Å². The maximum atomic E-state index is 10.1. The minimum absolute atomic E-state index is 0.447. The highest BCUT2D eigenvalue weighted by Crippen LogP contribution is 2.25. The smallest absolute Gasteiger partial charge is 0.343 e. The van der Waals surface area contributed by atoms with Crippen LogP contribution in [0.2, 0.25) is 0 Å². The SMILES string of the molecule is O=C(O)c1cc(O)oc1O. The number of carboxylic acids is 1. The van der Waals surface area contributed by atoms with Gasteiger partial charge in [-0.3, -0.25) is 0 Å². The van der Waals surface area contributed by atoms with E-state index in [1.807, 2.05) is 0 Å². The molecular weight excluding hydrogens is 140 g/mol. The fourth-order valence-corrected chi connectivity index (χ4v) is 0.522. The summed E-state index contributed by atoms with van der Waals surface area (Å²) in [6.07, 6.45) is 0. The van der Waals surface area contributed by atoms with Gasteiger partial charge in [-0.15, -0.1) is 0 Å². The first-order valence-electron chi connectivity index (χ1n) is 2.36. The minimum atomic E-state index is -1.35. The summed E-state index contributed by atoms with van der Waals surface area (Å²) in [6, 6.07) is 0.817. The Kier molecular flexibility index (Phi) is 1.26. The molecule has 0 atom stereocenters. The highest BCUT2D eigenvalue weighted by molar-refractivity contribution is 5.90. The van der Waals surface area contributed by atoms with Gasteiger partial charge >= 0.3 is 5.97 Å². The predicted molar refractivity (Wildman–Crippen MR) is 29.0 cm³/mol. The number of aromatic hydroxyl groups is 2. The Labute approximate surface area is 55.1 Å². The van der Waals surface area contributed by atoms with Gasteiger partial charge in [-0.2, -0.15) is 0 Å². The lowest BCUT2D eigenvalue weighted by Crippen LogP contribution is -1.92. The largest absolute Gasteiger partial charge is 0.481 e. The number of aromatic carboxylic acids is 1. The molecule has 0 saturated heterocycles. The zero-order chi connectivity index (χ0) is 7.72. The van der Waals surface area contributed by atoms with Gasteiger partial charge in [0, 0.05) is 6.07 Å².